The first-order valence-electron chi connectivity index (χ1n) is 11.0. The Morgan fingerprint density at radius 2 is 1.66 bits per heavy atom. The van der Waals surface area contributed by atoms with Gasteiger partial charge in [-0.3, -0.25) is 14.4 Å². The lowest BCUT2D eigenvalue weighted by Gasteiger charge is -2.36. The van der Waals surface area contributed by atoms with Gasteiger partial charge in [-0.15, -0.1) is 0 Å². The molecule has 7 nitrogen and oxygen atoms in total. The fourth-order valence-electron chi connectivity index (χ4n) is 3.91. The van der Waals surface area contributed by atoms with Crippen LogP contribution in [0.1, 0.15) is 39.1 Å². The number of methoxy groups -OCH3 is 1. The summed E-state index contributed by atoms with van der Waals surface area (Å²) < 4.78 is 5.01. The van der Waals surface area contributed by atoms with Gasteiger partial charge >= 0.3 is 0 Å². The quantitative estimate of drug-likeness (QED) is 0.621. The molecule has 1 aliphatic rings. The van der Waals surface area contributed by atoms with E-state index in [-0.39, 0.29) is 23.6 Å². The Morgan fingerprint density at radius 3 is 2.28 bits per heavy atom. The summed E-state index contributed by atoms with van der Waals surface area (Å²) in [5.74, 6) is -0.574. The maximum Gasteiger partial charge on any atom is 0.253 e. The van der Waals surface area contributed by atoms with Crippen LogP contribution < -0.4 is 10.6 Å². The van der Waals surface area contributed by atoms with Crippen molar-refractivity contribution >= 4 is 17.7 Å². The third kappa shape index (κ3) is 6.17. The van der Waals surface area contributed by atoms with Crippen LogP contribution in [-0.2, 0) is 9.53 Å². The van der Waals surface area contributed by atoms with E-state index in [2.05, 4.69) is 10.6 Å². The summed E-state index contributed by atoms with van der Waals surface area (Å²) in [7, 11) is 1.57. The van der Waals surface area contributed by atoms with Gasteiger partial charge in [-0.05, 0) is 49.9 Å². The number of nitrogens with one attached hydrogen (secondary N) is 2. The largest absolute Gasteiger partial charge is 0.383 e. The Bertz CT molecular complexity index is 907. The molecule has 1 aliphatic heterocycles. The molecule has 0 bridgehead atoms. The normalized spacial score (nSPS) is 15.1. The van der Waals surface area contributed by atoms with Crippen LogP contribution in [0.2, 0.25) is 0 Å². The lowest BCUT2D eigenvalue weighted by Crippen LogP contribution is -2.54. The van der Waals surface area contributed by atoms with Crippen LogP contribution in [0.15, 0.2) is 54.6 Å². The second kappa shape index (κ2) is 11.4. The maximum atomic E-state index is 12.9. The zero-order chi connectivity index (χ0) is 22.9. The number of nitrogens with zero attached hydrogens (tertiary/aromatic N) is 1. The number of likely N-dealkylation sites (tertiary alicyclic amines) is 1. The third-order valence-corrected chi connectivity index (χ3v) is 5.81. The number of ether oxygens (including phenoxy) is 1. The van der Waals surface area contributed by atoms with Gasteiger partial charge in [-0.2, -0.15) is 0 Å². The van der Waals surface area contributed by atoms with Crippen LogP contribution >= 0.6 is 0 Å². The molecule has 170 valence electrons. The number of carbonyl (C=O) groups is 3. The maximum absolute atomic E-state index is 12.9. The highest BCUT2D eigenvalue weighted by Gasteiger charge is 2.34. The van der Waals surface area contributed by atoms with Crippen molar-refractivity contribution in [2.45, 2.75) is 25.8 Å². The summed E-state index contributed by atoms with van der Waals surface area (Å²) in [6, 6.07) is 15.7. The highest BCUT2D eigenvalue weighted by Crippen LogP contribution is 2.23. The standard InChI is InChI=1S/C25H31N3O4/c1-18-8-10-21(11-9-18)25(31)28-15-12-19(13-16-28)22(24(30)26-14-17-32-2)27-23(29)20-6-4-3-5-7-20/h3-11,19,22H,12-17H2,1-2H3,(H,26,30)(H,27,29). The highest BCUT2D eigenvalue weighted by molar-refractivity contribution is 5.97. The molecule has 0 radical (unpaired) electrons. The van der Waals surface area contributed by atoms with E-state index in [0.717, 1.165) is 5.56 Å². The Labute approximate surface area is 189 Å². The summed E-state index contributed by atoms with van der Waals surface area (Å²) in [5, 5.41) is 5.76. The minimum Gasteiger partial charge on any atom is -0.383 e. The summed E-state index contributed by atoms with van der Waals surface area (Å²) in [5.41, 5.74) is 2.28. The van der Waals surface area contributed by atoms with Gasteiger partial charge in [0.1, 0.15) is 6.04 Å². The number of piperidine rings is 1. The molecule has 1 atom stereocenters. The zero-order valence-electron chi connectivity index (χ0n) is 18.7. The first-order chi connectivity index (χ1) is 15.5. The molecule has 3 amide bonds. The second-order valence-corrected chi connectivity index (χ2v) is 8.10. The molecule has 2 aromatic rings. The molecule has 1 saturated heterocycles. The monoisotopic (exact) mass is 437 g/mol. The van der Waals surface area contributed by atoms with Crippen LogP contribution in [0.25, 0.3) is 0 Å². The van der Waals surface area contributed by atoms with Crippen molar-refractivity contribution in [1.29, 1.82) is 0 Å². The zero-order valence-corrected chi connectivity index (χ0v) is 18.7. The molecule has 32 heavy (non-hydrogen) atoms. The van der Waals surface area contributed by atoms with Gasteiger partial charge in [-0.1, -0.05) is 35.9 Å². The van der Waals surface area contributed by atoms with Gasteiger partial charge in [-0.25, -0.2) is 0 Å². The topological polar surface area (TPSA) is 87.7 Å². The molecule has 0 aliphatic carbocycles. The molecule has 1 unspecified atom stereocenters. The molecule has 7 heteroatoms. The number of rotatable bonds is 8. The van der Waals surface area contributed by atoms with Gasteiger partial charge in [0.05, 0.1) is 6.61 Å². The predicted octanol–water partition coefficient (Wildman–Crippen LogP) is 2.41. The fourth-order valence-corrected chi connectivity index (χ4v) is 3.91. The van der Waals surface area contributed by atoms with Gasteiger partial charge in [0, 0.05) is 37.9 Å². The summed E-state index contributed by atoms with van der Waals surface area (Å²) in [6.07, 6.45) is 1.27. The first kappa shape index (κ1) is 23.5. The number of hydrogen-bond donors (Lipinski definition) is 2. The Hall–Kier alpha value is -3.19. The average Bonchev–Trinajstić information content (AvgIpc) is 2.83. The van der Waals surface area contributed by atoms with Gasteiger partial charge in [0.25, 0.3) is 11.8 Å². The molecule has 1 heterocycles. The molecule has 3 rings (SSSR count). The molecule has 1 fully saturated rings. The highest BCUT2D eigenvalue weighted by atomic mass is 16.5. The van der Waals surface area contributed by atoms with Gasteiger partial charge < -0.3 is 20.3 Å². The van der Waals surface area contributed by atoms with E-state index in [1.807, 2.05) is 42.2 Å². The fraction of sp³-hybridized carbons (Fsp3) is 0.400. The number of carbonyl (C=O) groups excluding carboxylic acids is 3. The van der Waals surface area contributed by atoms with E-state index in [0.29, 0.717) is 50.2 Å². The Kier molecular flexibility index (Phi) is 8.39. The minimum absolute atomic E-state index is 0.00197. The SMILES string of the molecule is COCCNC(=O)C(NC(=O)c1ccccc1)C1CCN(C(=O)c2ccc(C)cc2)CC1. The van der Waals surface area contributed by atoms with E-state index in [9.17, 15) is 14.4 Å². The second-order valence-electron chi connectivity index (χ2n) is 8.10. The Balaban J connectivity index is 1.65. The lowest BCUT2D eigenvalue weighted by atomic mass is 9.88. The van der Waals surface area contributed by atoms with E-state index < -0.39 is 6.04 Å². The van der Waals surface area contributed by atoms with Crippen molar-refractivity contribution < 1.29 is 19.1 Å². The molecular weight excluding hydrogens is 406 g/mol. The molecule has 0 saturated carbocycles. The molecule has 2 aromatic carbocycles. The molecule has 2 N–H and O–H groups in total. The Morgan fingerprint density at radius 1 is 1.00 bits per heavy atom. The van der Waals surface area contributed by atoms with E-state index >= 15 is 0 Å². The summed E-state index contributed by atoms with van der Waals surface area (Å²) in [6.45, 7) is 3.84. The van der Waals surface area contributed by atoms with Crippen LogP contribution in [-0.4, -0.2) is 62.0 Å². The summed E-state index contributed by atoms with van der Waals surface area (Å²) >= 11 is 0. The number of amides is 3. The van der Waals surface area contributed by atoms with Crippen molar-refractivity contribution in [3.63, 3.8) is 0 Å². The lowest BCUT2D eigenvalue weighted by molar-refractivity contribution is -0.124. The van der Waals surface area contributed by atoms with E-state index in [1.165, 1.54) is 0 Å². The van der Waals surface area contributed by atoms with Crippen LogP contribution in [0, 0.1) is 12.8 Å². The third-order valence-electron chi connectivity index (χ3n) is 5.81. The van der Waals surface area contributed by atoms with Crippen molar-refractivity contribution in [3.05, 3.63) is 71.3 Å². The van der Waals surface area contributed by atoms with Crippen molar-refractivity contribution in [3.8, 4) is 0 Å². The van der Waals surface area contributed by atoms with Crippen LogP contribution in [0.3, 0.4) is 0 Å². The average molecular weight is 438 g/mol. The van der Waals surface area contributed by atoms with Crippen LogP contribution in [0.4, 0.5) is 0 Å². The van der Waals surface area contributed by atoms with Crippen molar-refractivity contribution in [2.24, 2.45) is 5.92 Å². The molecular formula is C25H31N3O4. The van der Waals surface area contributed by atoms with E-state index in [4.69, 9.17) is 4.74 Å². The first-order valence-corrected chi connectivity index (χ1v) is 11.0. The van der Waals surface area contributed by atoms with E-state index in [1.54, 1.807) is 31.4 Å². The summed E-state index contributed by atoms with van der Waals surface area (Å²) in [4.78, 5) is 40.3. The molecule has 0 spiro atoms. The predicted molar refractivity (Wildman–Crippen MR) is 122 cm³/mol. The van der Waals surface area contributed by atoms with Crippen molar-refractivity contribution in [2.75, 3.05) is 33.4 Å². The van der Waals surface area contributed by atoms with Gasteiger partial charge in [0.2, 0.25) is 5.91 Å². The van der Waals surface area contributed by atoms with Crippen molar-refractivity contribution in [1.82, 2.24) is 15.5 Å². The van der Waals surface area contributed by atoms with Gasteiger partial charge in [0.15, 0.2) is 0 Å². The number of aryl methyl sites for hydroxylation is 1. The molecule has 0 aromatic heterocycles. The smallest absolute Gasteiger partial charge is 0.253 e. The van der Waals surface area contributed by atoms with Crippen LogP contribution in [0.5, 0.6) is 0 Å². The number of benzene rings is 2. The number of hydrogen-bond acceptors (Lipinski definition) is 4. The minimum atomic E-state index is -0.670.